The Morgan fingerprint density at radius 3 is 2.72 bits per heavy atom. The number of rotatable bonds is 6. The summed E-state index contributed by atoms with van der Waals surface area (Å²) in [5.41, 5.74) is 0.131. The van der Waals surface area contributed by atoms with Crippen molar-refractivity contribution in [2.24, 2.45) is 0 Å². The first-order valence-electron chi connectivity index (χ1n) is 7.76. The van der Waals surface area contributed by atoms with Gasteiger partial charge < -0.3 is 19.4 Å². The SMILES string of the molecule is O=C(O)c1cccc(OCCCc2c(O)c3ccccc3oc2=O)c1. The molecule has 0 radical (unpaired) electrons. The van der Waals surface area contributed by atoms with Crippen molar-refractivity contribution in [1.29, 1.82) is 0 Å². The highest BCUT2D eigenvalue weighted by Crippen LogP contribution is 2.26. The van der Waals surface area contributed by atoms with Crippen molar-refractivity contribution < 1.29 is 24.2 Å². The number of aromatic hydroxyl groups is 1. The Morgan fingerprint density at radius 2 is 1.92 bits per heavy atom. The number of carboxylic acid groups (broad SMARTS) is 1. The minimum atomic E-state index is -1.02. The predicted molar refractivity (Wildman–Crippen MR) is 91.4 cm³/mol. The number of ether oxygens (including phenoxy) is 1. The van der Waals surface area contributed by atoms with Gasteiger partial charge in [0.2, 0.25) is 0 Å². The second-order valence-corrected chi connectivity index (χ2v) is 5.50. The highest BCUT2D eigenvalue weighted by atomic mass is 16.5. The molecular formula is C19H16O6. The van der Waals surface area contributed by atoms with Gasteiger partial charge in [-0.05, 0) is 43.2 Å². The Bertz CT molecular complexity index is 973. The third-order valence-corrected chi connectivity index (χ3v) is 3.80. The van der Waals surface area contributed by atoms with Crippen molar-refractivity contribution in [3.05, 3.63) is 70.1 Å². The van der Waals surface area contributed by atoms with Gasteiger partial charge in [0.05, 0.1) is 23.1 Å². The second kappa shape index (κ2) is 7.09. The summed E-state index contributed by atoms with van der Waals surface area (Å²) < 4.78 is 10.7. The molecule has 1 heterocycles. The van der Waals surface area contributed by atoms with Gasteiger partial charge in [-0.2, -0.15) is 0 Å². The predicted octanol–water partition coefficient (Wildman–Crippen LogP) is 3.21. The lowest BCUT2D eigenvalue weighted by atomic mass is 10.1. The Balaban J connectivity index is 1.67. The Kier molecular flexibility index (Phi) is 4.70. The molecule has 0 atom stereocenters. The van der Waals surface area contributed by atoms with Crippen LogP contribution in [-0.2, 0) is 6.42 Å². The van der Waals surface area contributed by atoms with Gasteiger partial charge in [-0.1, -0.05) is 18.2 Å². The molecule has 0 fully saturated rings. The van der Waals surface area contributed by atoms with Gasteiger partial charge in [0.15, 0.2) is 0 Å². The van der Waals surface area contributed by atoms with Gasteiger partial charge in [-0.3, -0.25) is 0 Å². The summed E-state index contributed by atoms with van der Waals surface area (Å²) in [7, 11) is 0. The number of fused-ring (bicyclic) bond motifs is 1. The molecule has 3 aromatic rings. The largest absolute Gasteiger partial charge is 0.507 e. The van der Waals surface area contributed by atoms with Crippen molar-refractivity contribution in [3.63, 3.8) is 0 Å². The lowest BCUT2D eigenvalue weighted by Gasteiger charge is -2.08. The Hall–Kier alpha value is -3.28. The third-order valence-electron chi connectivity index (χ3n) is 3.80. The lowest BCUT2D eigenvalue weighted by molar-refractivity contribution is 0.0696. The second-order valence-electron chi connectivity index (χ2n) is 5.50. The average molecular weight is 340 g/mol. The van der Waals surface area contributed by atoms with Crippen LogP contribution >= 0.6 is 0 Å². The molecule has 2 N–H and O–H groups in total. The molecular weight excluding hydrogens is 324 g/mol. The van der Waals surface area contributed by atoms with E-state index < -0.39 is 11.6 Å². The molecule has 2 aromatic carbocycles. The first kappa shape index (κ1) is 16.6. The molecule has 128 valence electrons. The minimum Gasteiger partial charge on any atom is -0.507 e. The fraction of sp³-hybridized carbons (Fsp3) is 0.158. The van der Waals surface area contributed by atoms with Gasteiger partial charge in [0.25, 0.3) is 0 Å². The summed E-state index contributed by atoms with van der Waals surface area (Å²) in [6, 6.07) is 13.0. The number of hydrogen-bond donors (Lipinski definition) is 2. The normalized spacial score (nSPS) is 10.7. The molecule has 0 unspecified atom stereocenters. The van der Waals surface area contributed by atoms with Crippen LogP contribution in [0.4, 0.5) is 0 Å². The fourth-order valence-corrected chi connectivity index (χ4v) is 2.55. The number of para-hydroxylation sites is 1. The quantitative estimate of drug-likeness (QED) is 0.528. The zero-order valence-electron chi connectivity index (χ0n) is 13.3. The minimum absolute atomic E-state index is 0.0697. The van der Waals surface area contributed by atoms with Crippen molar-refractivity contribution in [1.82, 2.24) is 0 Å². The third kappa shape index (κ3) is 3.63. The molecule has 0 aliphatic heterocycles. The first-order chi connectivity index (χ1) is 12.1. The van der Waals surface area contributed by atoms with Crippen molar-refractivity contribution in [3.8, 4) is 11.5 Å². The van der Waals surface area contributed by atoms with Gasteiger partial charge in [0.1, 0.15) is 17.1 Å². The molecule has 0 aliphatic carbocycles. The fourth-order valence-electron chi connectivity index (χ4n) is 2.55. The zero-order valence-corrected chi connectivity index (χ0v) is 13.3. The van der Waals surface area contributed by atoms with Crippen molar-refractivity contribution in [2.75, 3.05) is 6.61 Å². The van der Waals surface area contributed by atoms with E-state index in [1.54, 1.807) is 36.4 Å². The van der Waals surface area contributed by atoms with Crippen LogP contribution in [0.5, 0.6) is 11.5 Å². The van der Waals surface area contributed by atoms with Gasteiger partial charge in [-0.15, -0.1) is 0 Å². The molecule has 0 spiro atoms. The number of carbonyl (C=O) groups is 1. The summed E-state index contributed by atoms with van der Waals surface area (Å²) in [5, 5.41) is 19.7. The monoisotopic (exact) mass is 340 g/mol. The number of benzene rings is 2. The van der Waals surface area contributed by atoms with E-state index in [0.717, 1.165) is 0 Å². The molecule has 1 aromatic heterocycles. The number of hydrogen-bond acceptors (Lipinski definition) is 5. The van der Waals surface area contributed by atoms with Gasteiger partial charge >= 0.3 is 11.6 Å². The summed E-state index contributed by atoms with van der Waals surface area (Å²) in [5.74, 6) is -0.654. The maximum absolute atomic E-state index is 12.0. The molecule has 6 heteroatoms. The zero-order chi connectivity index (χ0) is 17.8. The molecule has 0 saturated heterocycles. The molecule has 6 nitrogen and oxygen atoms in total. The van der Waals surface area contributed by atoms with E-state index in [1.165, 1.54) is 12.1 Å². The first-order valence-corrected chi connectivity index (χ1v) is 7.76. The van der Waals surface area contributed by atoms with Gasteiger partial charge in [-0.25, -0.2) is 9.59 Å². The standard InChI is InChI=1S/C19H16O6/c20-17-14-7-1-2-9-16(14)25-19(23)15(17)8-4-10-24-13-6-3-5-12(11-13)18(21)22/h1-3,5-7,9,11,20H,4,8,10H2,(H,21,22). The maximum Gasteiger partial charge on any atom is 0.343 e. The van der Waals surface area contributed by atoms with E-state index in [1.807, 2.05) is 0 Å². The van der Waals surface area contributed by atoms with Crippen LogP contribution in [0.2, 0.25) is 0 Å². The molecule has 25 heavy (non-hydrogen) atoms. The van der Waals surface area contributed by atoms with Crippen LogP contribution in [-0.4, -0.2) is 22.8 Å². The van der Waals surface area contributed by atoms with Crippen molar-refractivity contribution in [2.45, 2.75) is 12.8 Å². The summed E-state index contributed by atoms with van der Waals surface area (Å²) in [6.45, 7) is 0.273. The Morgan fingerprint density at radius 1 is 1.12 bits per heavy atom. The van der Waals surface area contributed by atoms with Crippen LogP contribution in [0.3, 0.4) is 0 Å². The van der Waals surface area contributed by atoms with E-state index in [9.17, 15) is 14.7 Å². The number of aromatic carboxylic acids is 1. The molecule has 3 rings (SSSR count). The summed E-state index contributed by atoms with van der Waals surface area (Å²) >= 11 is 0. The molecule has 0 bridgehead atoms. The highest BCUT2D eigenvalue weighted by Gasteiger charge is 2.13. The van der Waals surface area contributed by atoms with Crippen LogP contribution in [0.1, 0.15) is 22.3 Å². The van der Waals surface area contributed by atoms with Crippen LogP contribution in [0.15, 0.2) is 57.7 Å². The van der Waals surface area contributed by atoms with E-state index in [4.69, 9.17) is 14.3 Å². The van der Waals surface area contributed by atoms with Crippen molar-refractivity contribution >= 4 is 16.9 Å². The lowest BCUT2D eigenvalue weighted by Crippen LogP contribution is -2.10. The molecule has 0 saturated carbocycles. The molecule has 0 aliphatic rings. The van der Waals surface area contributed by atoms with E-state index in [2.05, 4.69) is 0 Å². The van der Waals surface area contributed by atoms with E-state index in [-0.39, 0.29) is 29.9 Å². The average Bonchev–Trinajstić information content (AvgIpc) is 2.61. The highest BCUT2D eigenvalue weighted by molar-refractivity contribution is 5.88. The van der Waals surface area contributed by atoms with E-state index in [0.29, 0.717) is 23.1 Å². The van der Waals surface area contributed by atoms with E-state index >= 15 is 0 Å². The summed E-state index contributed by atoms with van der Waals surface area (Å²) in [6.07, 6.45) is 0.756. The smallest absolute Gasteiger partial charge is 0.343 e. The van der Waals surface area contributed by atoms with Crippen LogP contribution in [0, 0.1) is 0 Å². The Labute approximate surface area is 142 Å². The maximum atomic E-state index is 12.0. The topological polar surface area (TPSA) is 97.0 Å². The van der Waals surface area contributed by atoms with Crippen LogP contribution in [0.25, 0.3) is 11.0 Å². The summed E-state index contributed by atoms with van der Waals surface area (Å²) in [4.78, 5) is 22.9. The van der Waals surface area contributed by atoms with Crippen LogP contribution < -0.4 is 10.4 Å². The molecule has 0 amide bonds. The number of carboxylic acids is 1. The van der Waals surface area contributed by atoms with Gasteiger partial charge in [0, 0.05) is 0 Å².